The summed E-state index contributed by atoms with van der Waals surface area (Å²) in [6, 6.07) is 7.42. The van der Waals surface area contributed by atoms with E-state index in [0.29, 0.717) is 23.6 Å². The van der Waals surface area contributed by atoms with E-state index in [2.05, 4.69) is 16.4 Å². The molecule has 0 fully saturated rings. The van der Waals surface area contributed by atoms with E-state index in [1.807, 2.05) is 12.1 Å². The predicted octanol–water partition coefficient (Wildman–Crippen LogP) is 2.86. The monoisotopic (exact) mass is 264 g/mol. The fraction of sp³-hybridized carbons (Fsp3) is 0.0909. The SMILES string of the molecule is N#Cc1cc(N)cnc1NCc1ccc(Cl)s1. The van der Waals surface area contributed by atoms with E-state index in [9.17, 15) is 0 Å². The molecule has 0 saturated carbocycles. The van der Waals surface area contributed by atoms with Gasteiger partial charge in [-0.1, -0.05) is 11.6 Å². The van der Waals surface area contributed by atoms with Gasteiger partial charge in [0.2, 0.25) is 0 Å². The maximum Gasteiger partial charge on any atom is 0.144 e. The van der Waals surface area contributed by atoms with Crippen LogP contribution in [0.4, 0.5) is 11.5 Å². The number of thiophene rings is 1. The number of hydrogen-bond acceptors (Lipinski definition) is 5. The summed E-state index contributed by atoms with van der Waals surface area (Å²) in [5.41, 5.74) is 6.47. The van der Waals surface area contributed by atoms with Gasteiger partial charge in [-0.2, -0.15) is 5.26 Å². The molecule has 0 spiro atoms. The van der Waals surface area contributed by atoms with Crippen LogP contribution in [0.2, 0.25) is 4.34 Å². The van der Waals surface area contributed by atoms with E-state index >= 15 is 0 Å². The Morgan fingerprint density at radius 1 is 1.53 bits per heavy atom. The van der Waals surface area contributed by atoms with Gasteiger partial charge in [0.05, 0.1) is 28.3 Å². The Labute approximate surface area is 108 Å². The summed E-state index contributed by atoms with van der Waals surface area (Å²) in [5, 5.41) is 12.0. The molecule has 0 unspecified atom stereocenters. The zero-order valence-corrected chi connectivity index (χ0v) is 10.3. The summed E-state index contributed by atoms with van der Waals surface area (Å²) in [4.78, 5) is 5.16. The van der Waals surface area contributed by atoms with Gasteiger partial charge in [-0.05, 0) is 18.2 Å². The van der Waals surface area contributed by atoms with Gasteiger partial charge in [0.1, 0.15) is 11.9 Å². The molecule has 0 amide bonds. The van der Waals surface area contributed by atoms with Gasteiger partial charge in [0, 0.05) is 4.88 Å². The first-order valence-electron chi connectivity index (χ1n) is 4.83. The fourth-order valence-electron chi connectivity index (χ4n) is 1.32. The van der Waals surface area contributed by atoms with Crippen LogP contribution in [-0.4, -0.2) is 4.98 Å². The molecule has 0 aromatic carbocycles. The van der Waals surface area contributed by atoms with E-state index in [4.69, 9.17) is 22.6 Å². The quantitative estimate of drug-likeness (QED) is 0.894. The summed E-state index contributed by atoms with van der Waals surface area (Å²) < 4.78 is 0.743. The molecule has 0 aliphatic carbocycles. The zero-order valence-electron chi connectivity index (χ0n) is 8.77. The number of nitrogens with two attached hydrogens (primary N) is 1. The van der Waals surface area contributed by atoms with Crippen LogP contribution in [-0.2, 0) is 6.54 Å². The number of nitriles is 1. The van der Waals surface area contributed by atoms with Crippen molar-refractivity contribution in [3.05, 3.63) is 39.2 Å². The lowest BCUT2D eigenvalue weighted by molar-refractivity contribution is 1.13. The molecular formula is C11H9ClN4S. The second kappa shape index (κ2) is 5.04. The Morgan fingerprint density at radius 3 is 3.00 bits per heavy atom. The van der Waals surface area contributed by atoms with Crippen LogP contribution in [0.5, 0.6) is 0 Å². The molecule has 0 atom stereocenters. The summed E-state index contributed by atoms with van der Waals surface area (Å²) in [6.07, 6.45) is 1.52. The van der Waals surface area contributed by atoms with Gasteiger partial charge in [-0.25, -0.2) is 4.98 Å². The third kappa shape index (κ3) is 2.87. The van der Waals surface area contributed by atoms with Gasteiger partial charge in [0.25, 0.3) is 0 Å². The summed E-state index contributed by atoms with van der Waals surface area (Å²) in [5.74, 6) is 0.534. The molecule has 0 aliphatic rings. The van der Waals surface area contributed by atoms with Gasteiger partial charge >= 0.3 is 0 Å². The lowest BCUT2D eigenvalue weighted by Crippen LogP contribution is -2.03. The van der Waals surface area contributed by atoms with Crippen molar-refractivity contribution in [2.24, 2.45) is 0 Å². The number of nitrogen functional groups attached to an aromatic ring is 1. The molecule has 0 aliphatic heterocycles. The van der Waals surface area contributed by atoms with Crippen molar-refractivity contribution < 1.29 is 0 Å². The van der Waals surface area contributed by atoms with Crippen molar-refractivity contribution in [2.75, 3.05) is 11.1 Å². The van der Waals surface area contributed by atoms with E-state index in [-0.39, 0.29) is 0 Å². The zero-order chi connectivity index (χ0) is 12.3. The predicted molar refractivity (Wildman–Crippen MR) is 70.0 cm³/mol. The van der Waals surface area contributed by atoms with Crippen LogP contribution in [0.15, 0.2) is 24.4 Å². The number of anilines is 2. The minimum absolute atomic E-state index is 0.438. The Kier molecular flexibility index (Phi) is 3.47. The number of halogens is 1. The van der Waals surface area contributed by atoms with E-state index in [0.717, 1.165) is 9.21 Å². The first-order valence-corrected chi connectivity index (χ1v) is 6.02. The summed E-state index contributed by atoms with van der Waals surface area (Å²) >= 11 is 7.32. The number of pyridine rings is 1. The normalized spacial score (nSPS) is 9.88. The molecule has 0 radical (unpaired) electrons. The smallest absolute Gasteiger partial charge is 0.144 e. The van der Waals surface area contributed by atoms with Gasteiger partial charge in [0.15, 0.2) is 0 Å². The highest BCUT2D eigenvalue weighted by Crippen LogP contribution is 2.22. The highest BCUT2D eigenvalue weighted by Gasteiger charge is 2.04. The van der Waals surface area contributed by atoms with Crippen molar-refractivity contribution in [3.8, 4) is 6.07 Å². The molecule has 17 heavy (non-hydrogen) atoms. The van der Waals surface area contributed by atoms with Crippen LogP contribution >= 0.6 is 22.9 Å². The molecule has 0 saturated heterocycles. The second-order valence-corrected chi connectivity index (χ2v) is 5.14. The maximum absolute atomic E-state index is 8.94. The number of nitrogens with zero attached hydrogens (tertiary/aromatic N) is 2. The lowest BCUT2D eigenvalue weighted by Gasteiger charge is -2.06. The van der Waals surface area contributed by atoms with Gasteiger partial charge < -0.3 is 11.1 Å². The first kappa shape index (κ1) is 11.7. The third-order valence-corrected chi connectivity index (χ3v) is 3.32. The molecule has 86 valence electrons. The summed E-state index contributed by atoms with van der Waals surface area (Å²) in [6.45, 7) is 0.586. The Bertz CT molecular complexity index is 573. The van der Waals surface area contributed by atoms with Crippen LogP contribution in [0.1, 0.15) is 10.4 Å². The largest absolute Gasteiger partial charge is 0.397 e. The number of aromatic nitrogens is 1. The number of rotatable bonds is 3. The van der Waals surface area contributed by atoms with E-state index in [1.165, 1.54) is 17.5 Å². The van der Waals surface area contributed by atoms with Crippen LogP contribution in [0.25, 0.3) is 0 Å². The van der Waals surface area contributed by atoms with Crippen molar-refractivity contribution >= 4 is 34.4 Å². The highest BCUT2D eigenvalue weighted by molar-refractivity contribution is 7.16. The van der Waals surface area contributed by atoms with E-state index in [1.54, 1.807) is 6.07 Å². The molecule has 4 nitrogen and oxygen atoms in total. The minimum atomic E-state index is 0.438. The van der Waals surface area contributed by atoms with Gasteiger partial charge in [-0.15, -0.1) is 11.3 Å². The van der Waals surface area contributed by atoms with Crippen molar-refractivity contribution in [1.82, 2.24) is 4.98 Å². The highest BCUT2D eigenvalue weighted by atomic mass is 35.5. The maximum atomic E-state index is 8.94. The topological polar surface area (TPSA) is 74.7 Å². The molecule has 2 aromatic rings. The number of hydrogen-bond donors (Lipinski definition) is 2. The molecule has 3 N–H and O–H groups in total. The third-order valence-electron chi connectivity index (χ3n) is 2.09. The van der Waals surface area contributed by atoms with Crippen LogP contribution < -0.4 is 11.1 Å². The van der Waals surface area contributed by atoms with Crippen LogP contribution in [0, 0.1) is 11.3 Å². The van der Waals surface area contributed by atoms with Crippen molar-refractivity contribution in [1.29, 1.82) is 5.26 Å². The molecular weight excluding hydrogens is 256 g/mol. The molecule has 2 rings (SSSR count). The Morgan fingerprint density at radius 2 is 2.35 bits per heavy atom. The molecule has 2 aromatic heterocycles. The second-order valence-electron chi connectivity index (χ2n) is 3.34. The van der Waals surface area contributed by atoms with Crippen LogP contribution in [0.3, 0.4) is 0 Å². The number of nitrogens with one attached hydrogen (secondary N) is 1. The molecule has 0 bridgehead atoms. The molecule has 2 heterocycles. The van der Waals surface area contributed by atoms with Crippen molar-refractivity contribution in [2.45, 2.75) is 6.54 Å². The average Bonchev–Trinajstić information content (AvgIpc) is 2.73. The summed E-state index contributed by atoms with van der Waals surface area (Å²) in [7, 11) is 0. The average molecular weight is 265 g/mol. The van der Waals surface area contributed by atoms with Gasteiger partial charge in [-0.3, -0.25) is 0 Å². The Balaban J connectivity index is 2.12. The van der Waals surface area contributed by atoms with Crippen molar-refractivity contribution in [3.63, 3.8) is 0 Å². The standard InChI is InChI=1S/C11H9ClN4S/c12-10-2-1-9(17-10)6-16-11-7(4-13)3-8(14)5-15-11/h1-3,5H,6,14H2,(H,15,16). The fourth-order valence-corrected chi connectivity index (χ4v) is 2.35. The first-order chi connectivity index (χ1) is 8.19. The minimum Gasteiger partial charge on any atom is -0.397 e. The Hall–Kier alpha value is -1.77. The van der Waals surface area contributed by atoms with E-state index < -0.39 is 0 Å². The lowest BCUT2D eigenvalue weighted by atomic mass is 10.2. The molecule has 6 heteroatoms.